The molecule has 2 aliphatic heterocycles. The van der Waals surface area contributed by atoms with Crippen molar-refractivity contribution in [2.24, 2.45) is 0 Å². The molecule has 11 aromatic carbocycles. The van der Waals surface area contributed by atoms with Gasteiger partial charge in [0.15, 0.2) is 17.5 Å². The summed E-state index contributed by atoms with van der Waals surface area (Å²) < 4.78 is 5.23. The van der Waals surface area contributed by atoms with Gasteiger partial charge in [0.05, 0.1) is 11.0 Å². The zero-order valence-electron chi connectivity index (χ0n) is 61.1. The minimum absolute atomic E-state index is 0.00521. The second-order valence-corrected chi connectivity index (χ2v) is 34.7. The Bertz CT molecular complexity index is 5220. The fraction of sp³-hybridized carbons (Fsp3) is 0.258. The molecule has 5 heterocycles. The van der Waals surface area contributed by atoms with Crippen molar-refractivity contribution in [1.29, 1.82) is 0 Å². The second kappa shape index (κ2) is 22.3. The molecule has 0 fully saturated rings. The van der Waals surface area contributed by atoms with Crippen molar-refractivity contribution < 1.29 is 0 Å². The van der Waals surface area contributed by atoms with Gasteiger partial charge in [-0.25, -0.2) is 15.0 Å². The maximum absolute atomic E-state index is 5.82. The van der Waals surface area contributed by atoms with Gasteiger partial charge in [-0.1, -0.05) is 270 Å². The predicted octanol–water partition coefficient (Wildman–Crippen LogP) is 22.7. The predicted molar refractivity (Wildman–Crippen MR) is 423 cm³/mol. The van der Waals surface area contributed by atoms with E-state index >= 15 is 0 Å². The van der Waals surface area contributed by atoms with E-state index in [0.717, 1.165) is 39.1 Å². The monoisotopic (exact) mass is 1290 g/mol. The summed E-state index contributed by atoms with van der Waals surface area (Å²) in [4.78, 5) is 17.3. The fourth-order valence-corrected chi connectivity index (χ4v) is 15.5. The third-order valence-corrected chi connectivity index (χ3v) is 21.4. The fourth-order valence-electron chi connectivity index (χ4n) is 15.5. The first-order valence-corrected chi connectivity index (χ1v) is 35.7. The van der Waals surface area contributed by atoms with Gasteiger partial charge in [0.1, 0.15) is 0 Å². The largest absolute Gasteiger partial charge is 0.310 e. The van der Waals surface area contributed by atoms with Gasteiger partial charge in [-0.05, 0) is 200 Å². The quantitative estimate of drug-likeness (QED) is 0.149. The molecule has 6 heteroatoms. The molecular formula is C93H90BN5. The van der Waals surface area contributed by atoms with E-state index in [2.05, 4.69) is 352 Å². The van der Waals surface area contributed by atoms with Crippen LogP contribution < -0.4 is 16.4 Å². The Kier molecular flexibility index (Phi) is 14.4. The Labute approximate surface area is 586 Å². The Morgan fingerprint density at radius 3 is 0.859 bits per heavy atom. The van der Waals surface area contributed by atoms with Crippen LogP contribution in [0.2, 0.25) is 0 Å². The van der Waals surface area contributed by atoms with Gasteiger partial charge in [-0.3, -0.25) is 0 Å². The summed E-state index contributed by atoms with van der Waals surface area (Å²) in [6.07, 6.45) is 0. The van der Waals surface area contributed by atoms with Gasteiger partial charge in [0, 0.05) is 60.6 Å². The molecule has 0 N–H and O–H groups in total. The first-order valence-electron chi connectivity index (χ1n) is 35.7. The molecule has 0 unspecified atom stereocenters. The molecule has 0 saturated carbocycles. The van der Waals surface area contributed by atoms with Gasteiger partial charge in [0.25, 0.3) is 6.71 Å². The van der Waals surface area contributed by atoms with E-state index in [1.807, 2.05) is 0 Å². The third-order valence-electron chi connectivity index (χ3n) is 21.4. The molecule has 0 atom stereocenters. The van der Waals surface area contributed by atoms with Crippen LogP contribution in [0, 0.1) is 0 Å². The summed E-state index contributed by atoms with van der Waals surface area (Å²) in [6, 6.07) is 83.9. The summed E-state index contributed by atoms with van der Waals surface area (Å²) in [5.41, 5.74) is 30.3. The van der Waals surface area contributed by atoms with Crippen molar-refractivity contribution in [3.63, 3.8) is 0 Å². The highest BCUT2D eigenvalue weighted by Gasteiger charge is 2.43. The number of fused-ring (bicyclic) bond motifs is 10. The Morgan fingerprint density at radius 2 is 0.535 bits per heavy atom. The number of rotatable bonds is 7. The van der Waals surface area contributed by atoms with Crippen molar-refractivity contribution in [1.82, 2.24) is 24.1 Å². The van der Waals surface area contributed by atoms with Crippen molar-refractivity contribution in [3.8, 4) is 90.0 Å². The van der Waals surface area contributed by atoms with Crippen molar-refractivity contribution in [3.05, 3.63) is 252 Å². The van der Waals surface area contributed by atoms with Crippen LogP contribution in [0.15, 0.2) is 218 Å². The van der Waals surface area contributed by atoms with Crippen LogP contribution in [0.25, 0.3) is 134 Å². The highest BCUT2D eigenvalue weighted by molar-refractivity contribution is 7.00. The van der Waals surface area contributed by atoms with Crippen LogP contribution in [-0.4, -0.2) is 30.8 Å². The summed E-state index contributed by atoms with van der Waals surface area (Å²) >= 11 is 0. The standard InChI is InChI=1S/C93H90BN5/c1-88(2,3)66-35-29-57(30-36-66)61-47-74-72-45-59(55-25-21-19-22-26-55)33-39-78(72)98-80-51-65(87-96-85(63-41-68(90(7,8)9)53-69(42-63)91(10,11)12)95-86(97-87)64-43-70(92(13,14)15)54-71(44-64)93(16,17)18)52-81-82(80)94(76(49-61)83(74)98)77-50-62(58-31-37-67(38-32-58)89(4,5)6)48-75-73-46-60(56-27-23-20-24-28-56)34-40-79(73)99(81)84(75)77/h19-54H,1-18H3. The first-order chi connectivity index (χ1) is 46.8. The van der Waals surface area contributed by atoms with Crippen LogP contribution in [0.3, 0.4) is 0 Å². The molecule has 2 aliphatic rings. The molecule has 0 amide bonds. The SMILES string of the molecule is CC(C)(C)c1ccc(-c2cc3c4c(c2)c2cc(-c5ccccc5)ccc2n4-c2cc(-c4nc(-c5cc(C(C)(C)C)cc(C(C)(C)C)c5)nc(-c5cc(C(C)(C)C)cc(C(C)(C)C)c5)n4)cc4c2B3c2cc(-c3ccc(C(C)(C)C)cc3)cc3c5cc(-c6ccccc6)ccc5n-4c23)cc1. The van der Waals surface area contributed by atoms with E-state index in [1.165, 1.54) is 127 Å². The van der Waals surface area contributed by atoms with Crippen LogP contribution in [0.1, 0.15) is 158 Å². The zero-order valence-corrected chi connectivity index (χ0v) is 61.1. The summed E-state index contributed by atoms with van der Waals surface area (Å²) in [7, 11) is 0. The smallest absolute Gasteiger partial charge is 0.252 e. The topological polar surface area (TPSA) is 48.5 Å². The lowest BCUT2D eigenvalue weighted by Crippen LogP contribution is -2.59. The summed E-state index contributed by atoms with van der Waals surface area (Å²) in [5.74, 6) is 1.93. The van der Waals surface area contributed by atoms with Gasteiger partial charge < -0.3 is 9.13 Å². The maximum atomic E-state index is 5.82. The van der Waals surface area contributed by atoms with E-state index in [4.69, 9.17) is 15.0 Å². The highest BCUT2D eigenvalue weighted by Crippen LogP contribution is 2.46. The zero-order chi connectivity index (χ0) is 69.4. The number of hydrogen-bond donors (Lipinski definition) is 0. The van der Waals surface area contributed by atoms with E-state index < -0.39 is 0 Å². The second-order valence-electron chi connectivity index (χ2n) is 34.7. The molecule has 490 valence electrons. The average Bonchev–Trinajstić information content (AvgIpc) is 1.61. The number of benzene rings is 11. The van der Waals surface area contributed by atoms with Crippen LogP contribution in [0.4, 0.5) is 0 Å². The third kappa shape index (κ3) is 11.0. The molecule has 14 aromatic rings. The van der Waals surface area contributed by atoms with Crippen LogP contribution in [-0.2, 0) is 32.5 Å². The van der Waals surface area contributed by atoms with E-state index in [-0.39, 0.29) is 39.2 Å². The molecular weight excluding hydrogens is 1200 g/mol. The highest BCUT2D eigenvalue weighted by atomic mass is 15.1. The van der Waals surface area contributed by atoms with Crippen molar-refractivity contribution in [2.45, 2.75) is 157 Å². The summed E-state index contributed by atoms with van der Waals surface area (Å²) in [5, 5.41) is 4.87. The van der Waals surface area contributed by atoms with Gasteiger partial charge in [0.2, 0.25) is 0 Å². The molecule has 0 radical (unpaired) electrons. The minimum atomic E-state index is -0.191. The molecule has 3 aromatic heterocycles. The van der Waals surface area contributed by atoms with Crippen LogP contribution >= 0.6 is 0 Å². The lowest BCUT2D eigenvalue weighted by Gasteiger charge is -2.34. The molecule has 0 saturated heterocycles. The first kappa shape index (κ1) is 63.8. The van der Waals surface area contributed by atoms with E-state index in [9.17, 15) is 0 Å². The Balaban J connectivity index is 1.06. The van der Waals surface area contributed by atoms with Crippen LogP contribution in [0.5, 0.6) is 0 Å². The minimum Gasteiger partial charge on any atom is -0.310 e. The van der Waals surface area contributed by atoms with Gasteiger partial charge in [-0.2, -0.15) is 0 Å². The Morgan fingerprint density at radius 1 is 0.242 bits per heavy atom. The maximum Gasteiger partial charge on any atom is 0.252 e. The van der Waals surface area contributed by atoms with Gasteiger partial charge >= 0.3 is 0 Å². The summed E-state index contributed by atoms with van der Waals surface area (Å²) in [6.45, 7) is 41.3. The van der Waals surface area contributed by atoms with Crippen molar-refractivity contribution >= 4 is 66.7 Å². The molecule has 0 aliphatic carbocycles. The van der Waals surface area contributed by atoms with Gasteiger partial charge in [-0.15, -0.1) is 0 Å². The molecule has 0 bridgehead atoms. The number of nitrogens with zero attached hydrogens (tertiary/aromatic N) is 5. The molecule has 99 heavy (non-hydrogen) atoms. The lowest BCUT2D eigenvalue weighted by molar-refractivity contribution is 0.568. The van der Waals surface area contributed by atoms with Crippen molar-refractivity contribution in [2.75, 3.05) is 0 Å². The average molecular weight is 1290 g/mol. The Hall–Kier alpha value is -9.91. The molecule has 0 spiro atoms. The lowest BCUT2D eigenvalue weighted by atomic mass is 9.34. The molecule has 16 rings (SSSR count). The number of aromatic nitrogens is 5. The molecule has 5 nitrogen and oxygen atoms in total. The van der Waals surface area contributed by atoms with E-state index in [0.29, 0.717) is 17.5 Å². The number of hydrogen-bond acceptors (Lipinski definition) is 3. The van der Waals surface area contributed by atoms with E-state index in [1.54, 1.807) is 0 Å². The normalized spacial score (nSPS) is 13.3.